The molecule has 0 saturated heterocycles. The minimum absolute atomic E-state index is 0.0959. The first-order chi connectivity index (χ1) is 9.79. The van der Waals surface area contributed by atoms with Gasteiger partial charge in [-0.2, -0.15) is 0 Å². The van der Waals surface area contributed by atoms with Crippen molar-refractivity contribution < 1.29 is 13.3 Å². The fourth-order valence-corrected chi connectivity index (χ4v) is 2.81. The Morgan fingerprint density at radius 3 is 2.43 bits per heavy atom. The Morgan fingerprint density at radius 1 is 1.19 bits per heavy atom. The molecule has 1 aromatic carbocycles. The molecular formula is C11H7Cl2N3O4S. The first-order valence-corrected chi connectivity index (χ1v) is 7.62. The quantitative estimate of drug-likeness (QED) is 0.520. The summed E-state index contributed by atoms with van der Waals surface area (Å²) in [6, 6.07) is 6.12. The molecule has 0 amide bonds. The number of pyridine rings is 1. The van der Waals surface area contributed by atoms with Crippen LogP contribution >= 0.6 is 23.2 Å². The first-order valence-electron chi connectivity index (χ1n) is 5.38. The van der Waals surface area contributed by atoms with Crippen LogP contribution in [0.4, 0.5) is 11.4 Å². The molecule has 0 unspecified atom stereocenters. The number of benzene rings is 1. The highest BCUT2D eigenvalue weighted by Gasteiger charge is 2.17. The number of hydrogen-bond donors (Lipinski definition) is 1. The first kappa shape index (κ1) is 15.5. The van der Waals surface area contributed by atoms with E-state index in [4.69, 9.17) is 23.2 Å². The van der Waals surface area contributed by atoms with E-state index < -0.39 is 14.9 Å². The summed E-state index contributed by atoms with van der Waals surface area (Å²) in [7, 11) is -3.88. The van der Waals surface area contributed by atoms with Crippen molar-refractivity contribution in [1.29, 1.82) is 0 Å². The largest absolute Gasteiger partial charge is 0.288 e. The average molecular weight is 348 g/mol. The number of nitro groups is 1. The molecular weight excluding hydrogens is 341 g/mol. The Morgan fingerprint density at radius 2 is 1.90 bits per heavy atom. The molecule has 0 fully saturated rings. The second-order valence-corrected chi connectivity index (χ2v) is 6.32. The summed E-state index contributed by atoms with van der Waals surface area (Å²) in [5.41, 5.74) is -0.215. The van der Waals surface area contributed by atoms with Crippen LogP contribution in [-0.4, -0.2) is 18.3 Å². The number of nitro benzene ring substituents is 1. The fraction of sp³-hybridized carbons (Fsp3) is 0. The van der Waals surface area contributed by atoms with Crippen molar-refractivity contribution in [1.82, 2.24) is 4.98 Å². The summed E-state index contributed by atoms with van der Waals surface area (Å²) in [5, 5.41) is 10.6. The third kappa shape index (κ3) is 3.60. The van der Waals surface area contributed by atoms with Crippen molar-refractivity contribution in [3.05, 3.63) is 56.8 Å². The maximum atomic E-state index is 12.1. The highest BCUT2D eigenvalue weighted by Crippen LogP contribution is 2.28. The Balaban J connectivity index is 2.31. The molecule has 0 aliphatic rings. The van der Waals surface area contributed by atoms with Gasteiger partial charge in [0.25, 0.3) is 15.7 Å². The van der Waals surface area contributed by atoms with Gasteiger partial charge in [-0.05, 0) is 24.3 Å². The van der Waals surface area contributed by atoms with Gasteiger partial charge in [0.2, 0.25) is 0 Å². The van der Waals surface area contributed by atoms with E-state index in [0.29, 0.717) is 0 Å². The number of hydrogen-bond acceptors (Lipinski definition) is 5. The molecule has 10 heteroatoms. The van der Waals surface area contributed by atoms with Gasteiger partial charge in [0, 0.05) is 12.3 Å². The minimum Gasteiger partial charge on any atom is -0.280 e. The molecule has 0 aliphatic heterocycles. The third-order valence-electron chi connectivity index (χ3n) is 2.41. The lowest BCUT2D eigenvalue weighted by molar-refractivity contribution is -0.384. The average Bonchev–Trinajstić information content (AvgIpc) is 2.38. The van der Waals surface area contributed by atoms with Gasteiger partial charge in [-0.15, -0.1) is 0 Å². The van der Waals surface area contributed by atoms with Gasteiger partial charge in [0.15, 0.2) is 0 Å². The summed E-state index contributed by atoms with van der Waals surface area (Å²) in [5.74, 6) is 0. The molecule has 0 radical (unpaired) electrons. The summed E-state index contributed by atoms with van der Waals surface area (Å²) in [4.78, 5) is 13.5. The zero-order valence-corrected chi connectivity index (χ0v) is 12.5. The molecule has 0 saturated carbocycles. The lowest BCUT2D eigenvalue weighted by Crippen LogP contribution is -2.13. The van der Waals surface area contributed by atoms with Crippen LogP contribution in [0, 0.1) is 10.1 Å². The molecule has 2 aromatic rings. The van der Waals surface area contributed by atoms with Crippen molar-refractivity contribution in [2.45, 2.75) is 4.90 Å². The van der Waals surface area contributed by atoms with Crippen LogP contribution in [0.3, 0.4) is 0 Å². The van der Waals surface area contributed by atoms with E-state index in [9.17, 15) is 18.5 Å². The standard InChI is InChI=1S/C11H7Cl2N3O4S/c12-9-5-7(1-3-10(9)16(17)18)15-21(19,20)8-2-4-11(13)14-6-8/h1-6,15H. The number of rotatable bonds is 4. The molecule has 1 N–H and O–H groups in total. The number of nitrogens with one attached hydrogen (secondary N) is 1. The number of nitrogens with zero attached hydrogens (tertiary/aromatic N) is 2. The predicted octanol–water partition coefficient (Wildman–Crippen LogP) is 3.10. The number of sulfonamides is 1. The van der Waals surface area contributed by atoms with E-state index >= 15 is 0 Å². The molecule has 1 aromatic heterocycles. The van der Waals surface area contributed by atoms with Crippen molar-refractivity contribution in [2.24, 2.45) is 0 Å². The predicted molar refractivity (Wildman–Crippen MR) is 78.2 cm³/mol. The van der Waals surface area contributed by atoms with Crippen LogP contribution in [-0.2, 0) is 10.0 Å². The molecule has 110 valence electrons. The maximum absolute atomic E-state index is 12.1. The molecule has 0 bridgehead atoms. The van der Waals surface area contributed by atoms with Gasteiger partial charge >= 0.3 is 0 Å². The van der Waals surface area contributed by atoms with Gasteiger partial charge in [-0.25, -0.2) is 13.4 Å². The molecule has 0 spiro atoms. The summed E-state index contributed by atoms with van der Waals surface area (Å²) < 4.78 is 26.4. The number of halogens is 2. The van der Waals surface area contributed by atoms with Crippen LogP contribution in [0.1, 0.15) is 0 Å². The topological polar surface area (TPSA) is 102 Å². The third-order valence-corrected chi connectivity index (χ3v) is 4.30. The van der Waals surface area contributed by atoms with Crippen LogP contribution in [0.5, 0.6) is 0 Å². The van der Waals surface area contributed by atoms with E-state index in [-0.39, 0.29) is 26.4 Å². The SMILES string of the molecule is O=[N+]([O-])c1ccc(NS(=O)(=O)c2ccc(Cl)nc2)cc1Cl. The second kappa shape index (κ2) is 5.84. The Bertz CT molecular complexity index is 794. The van der Waals surface area contributed by atoms with Crippen LogP contribution in [0.25, 0.3) is 0 Å². The zero-order valence-electron chi connectivity index (χ0n) is 10.2. The molecule has 21 heavy (non-hydrogen) atoms. The van der Waals surface area contributed by atoms with Crippen LogP contribution in [0.15, 0.2) is 41.4 Å². The number of aromatic nitrogens is 1. The van der Waals surface area contributed by atoms with Crippen molar-refractivity contribution >= 4 is 44.6 Å². The zero-order chi connectivity index (χ0) is 15.6. The Hall–Kier alpha value is -1.90. The molecule has 1 heterocycles. The lowest BCUT2D eigenvalue weighted by atomic mass is 10.3. The van der Waals surface area contributed by atoms with Gasteiger partial charge in [0.1, 0.15) is 15.1 Å². The fourth-order valence-electron chi connectivity index (χ4n) is 1.45. The van der Waals surface area contributed by atoms with Gasteiger partial charge < -0.3 is 0 Å². The highest BCUT2D eigenvalue weighted by molar-refractivity contribution is 7.92. The van der Waals surface area contributed by atoms with Crippen molar-refractivity contribution in [3.8, 4) is 0 Å². The van der Waals surface area contributed by atoms with E-state index in [1.807, 2.05) is 0 Å². The monoisotopic (exact) mass is 347 g/mol. The summed E-state index contributed by atoms with van der Waals surface area (Å²) in [6.07, 6.45) is 1.09. The van der Waals surface area contributed by atoms with Crippen molar-refractivity contribution in [2.75, 3.05) is 4.72 Å². The summed E-state index contributed by atoms with van der Waals surface area (Å²) in [6.45, 7) is 0. The lowest BCUT2D eigenvalue weighted by Gasteiger charge is -2.08. The molecule has 2 rings (SSSR count). The van der Waals surface area contributed by atoms with E-state index in [1.54, 1.807) is 0 Å². The van der Waals surface area contributed by atoms with Gasteiger partial charge in [-0.1, -0.05) is 23.2 Å². The van der Waals surface area contributed by atoms with E-state index in [2.05, 4.69) is 9.71 Å². The highest BCUT2D eigenvalue weighted by atomic mass is 35.5. The molecule has 0 atom stereocenters. The van der Waals surface area contributed by atoms with Crippen molar-refractivity contribution in [3.63, 3.8) is 0 Å². The van der Waals surface area contributed by atoms with E-state index in [0.717, 1.165) is 18.3 Å². The van der Waals surface area contributed by atoms with Crippen LogP contribution < -0.4 is 4.72 Å². The molecule has 7 nitrogen and oxygen atoms in total. The Kier molecular flexibility index (Phi) is 4.31. The van der Waals surface area contributed by atoms with Gasteiger partial charge in [-0.3, -0.25) is 14.8 Å². The Labute approximate surface area is 129 Å². The molecule has 0 aliphatic carbocycles. The smallest absolute Gasteiger partial charge is 0.280 e. The minimum atomic E-state index is -3.88. The number of anilines is 1. The summed E-state index contributed by atoms with van der Waals surface area (Å²) >= 11 is 11.3. The van der Waals surface area contributed by atoms with Crippen LogP contribution in [0.2, 0.25) is 10.2 Å². The van der Waals surface area contributed by atoms with E-state index in [1.165, 1.54) is 18.2 Å². The maximum Gasteiger partial charge on any atom is 0.288 e. The second-order valence-electron chi connectivity index (χ2n) is 3.85. The van der Waals surface area contributed by atoms with Gasteiger partial charge in [0.05, 0.1) is 10.6 Å². The normalized spacial score (nSPS) is 11.1.